The van der Waals surface area contributed by atoms with Gasteiger partial charge in [-0.05, 0) is 60.9 Å². The second kappa shape index (κ2) is 8.86. The van der Waals surface area contributed by atoms with Crippen LogP contribution in [0.4, 0.5) is 11.4 Å². The Kier molecular flexibility index (Phi) is 6.07. The van der Waals surface area contributed by atoms with E-state index in [1.54, 1.807) is 24.3 Å². The summed E-state index contributed by atoms with van der Waals surface area (Å²) in [5.41, 5.74) is 4.13. The van der Waals surface area contributed by atoms with Crippen LogP contribution in [0.2, 0.25) is 0 Å². The molecular formula is C23H22N2O3. The molecule has 0 aromatic heterocycles. The second-order valence-electron chi connectivity index (χ2n) is 6.53. The average Bonchev–Trinajstić information content (AvgIpc) is 2.71. The number of carbonyl (C=O) groups excluding carboxylic acids is 2. The lowest BCUT2D eigenvalue weighted by Gasteiger charge is -2.10. The molecule has 0 saturated carbocycles. The second-order valence-corrected chi connectivity index (χ2v) is 6.53. The van der Waals surface area contributed by atoms with Gasteiger partial charge >= 0.3 is 11.8 Å². The van der Waals surface area contributed by atoms with Crippen molar-refractivity contribution in [2.24, 2.45) is 0 Å². The molecule has 0 aliphatic heterocycles. The molecule has 0 aliphatic rings. The maximum absolute atomic E-state index is 12.2. The van der Waals surface area contributed by atoms with Crippen LogP contribution in [0.3, 0.4) is 0 Å². The SMILES string of the molecule is Cc1ccc(C)c(NC(=O)C(=O)Nc2ccc(OCc3ccccc3)cc2)c1. The fourth-order valence-corrected chi connectivity index (χ4v) is 2.61. The number of carbonyl (C=O) groups is 2. The van der Waals surface area contributed by atoms with Crippen LogP contribution in [0.5, 0.6) is 5.75 Å². The van der Waals surface area contributed by atoms with Gasteiger partial charge in [-0.1, -0.05) is 42.5 Å². The maximum atomic E-state index is 12.2. The summed E-state index contributed by atoms with van der Waals surface area (Å²) < 4.78 is 5.71. The van der Waals surface area contributed by atoms with Crippen molar-refractivity contribution in [3.8, 4) is 5.75 Å². The molecule has 0 radical (unpaired) electrons. The predicted octanol–water partition coefficient (Wildman–Crippen LogP) is 4.46. The van der Waals surface area contributed by atoms with Crippen molar-refractivity contribution in [2.45, 2.75) is 20.5 Å². The zero-order valence-electron chi connectivity index (χ0n) is 15.9. The smallest absolute Gasteiger partial charge is 0.314 e. The van der Waals surface area contributed by atoms with Crippen molar-refractivity contribution in [3.63, 3.8) is 0 Å². The number of ether oxygens (including phenoxy) is 1. The van der Waals surface area contributed by atoms with Gasteiger partial charge in [-0.3, -0.25) is 9.59 Å². The van der Waals surface area contributed by atoms with Crippen LogP contribution < -0.4 is 15.4 Å². The summed E-state index contributed by atoms with van der Waals surface area (Å²) >= 11 is 0. The van der Waals surface area contributed by atoms with Gasteiger partial charge < -0.3 is 15.4 Å². The summed E-state index contributed by atoms with van der Waals surface area (Å²) in [6.07, 6.45) is 0. The van der Waals surface area contributed by atoms with Gasteiger partial charge in [0.15, 0.2) is 0 Å². The van der Waals surface area contributed by atoms with Crippen LogP contribution in [0, 0.1) is 13.8 Å². The minimum atomic E-state index is -0.723. The van der Waals surface area contributed by atoms with Crippen molar-refractivity contribution in [3.05, 3.63) is 89.5 Å². The molecule has 0 spiro atoms. The molecule has 3 aromatic rings. The summed E-state index contributed by atoms with van der Waals surface area (Å²) in [4.78, 5) is 24.3. The van der Waals surface area contributed by atoms with Gasteiger partial charge in [0.25, 0.3) is 0 Å². The van der Waals surface area contributed by atoms with E-state index in [-0.39, 0.29) is 0 Å². The molecule has 3 aromatic carbocycles. The lowest BCUT2D eigenvalue weighted by atomic mass is 10.1. The van der Waals surface area contributed by atoms with E-state index >= 15 is 0 Å². The van der Waals surface area contributed by atoms with Gasteiger partial charge in [0.1, 0.15) is 12.4 Å². The highest BCUT2D eigenvalue weighted by molar-refractivity contribution is 6.43. The number of anilines is 2. The third kappa shape index (κ3) is 5.20. The highest BCUT2D eigenvalue weighted by Gasteiger charge is 2.15. The number of hydrogen-bond donors (Lipinski definition) is 2. The van der Waals surface area contributed by atoms with Crippen molar-refractivity contribution in [1.29, 1.82) is 0 Å². The number of aryl methyl sites for hydroxylation is 2. The Bertz CT molecular complexity index is 967. The average molecular weight is 374 g/mol. The first-order valence-electron chi connectivity index (χ1n) is 8.97. The van der Waals surface area contributed by atoms with Gasteiger partial charge in [-0.2, -0.15) is 0 Å². The Labute approximate surface area is 164 Å². The Morgan fingerprint density at radius 1 is 0.821 bits per heavy atom. The van der Waals surface area contributed by atoms with E-state index in [1.165, 1.54) is 0 Å². The van der Waals surface area contributed by atoms with E-state index < -0.39 is 11.8 Å². The largest absolute Gasteiger partial charge is 0.489 e. The summed E-state index contributed by atoms with van der Waals surface area (Å²) in [6, 6.07) is 22.4. The highest BCUT2D eigenvalue weighted by atomic mass is 16.5. The first-order chi connectivity index (χ1) is 13.5. The molecule has 3 rings (SSSR count). The van der Waals surface area contributed by atoms with Gasteiger partial charge in [-0.15, -0.1) is 0 Å². The Hall–Kier alpha value is -3.60. The molecule has 5 nitrogen and oxygen atoms in total. The monoisotopic (exact) mass is 374 g/mol. The fraction of sp³-hybridized carbons (Fsp3) is 0.130. The quantitative estimate of drug-likeness (QED) is 0.648. The predicted molar refractivity (Wildman–Crippen MR) is 110 cm³/mol. The van der Waals surface area contributed by atoms with E-state index in [9.17, 15) is 9.59 Å². The van der Waals surface area contributed by atoms with Gasteiger partial charge in [-0.25, -0.2) is 0 Å². The zero-order valence-corrected chi connectivity index (χ0v) is 15.9. The minimum absolute atomic E-state index is 0.463. The number of rotatable bonds is 5. The number of hydrogen-bond acceptors (Lipinski definition) is 3. The standard InChI is InChI=1S/C23H22N2O3/c1-16-8-9-17(2)21(14-16)25-23(27)22(26)24-19-10-12-20(13-11-19)28-15-18-6-4-3-5-7-18/h3-14H,15H2,1-2H3,(H,24,26)(H,25,27). The van der Waals surface area contributed by atoms with Crippen LogP contribution in [-0.2, 0) is 16.2 Å². The summed E-state index contributed by atoms with van der Waals surface area (Å²) in [6.45, 7) is 4.27. The van der Waals surface area contributed by atoms with Gasteiger partial charge in [0, 0.05) is 11.4 Å². The molecule has 0 aliphatic carbocycles. The topological polar surface area (TPSA) is 67.4 Å². The third-order valence-corrected chi connectivity index (χ3v) is 4.21. The molecule has 0 saturated heterocycles. The summed E-state index contributed by atoms with van der Waals surface area (Å²) in [5, 5.41) is 5.24. The Morgan fingerprint density at radius 3 is 2.21 bits per heavy atom. The third-order valence-electron chi connectivity index (χ3n) is 4.21. The van der Waals surface area contributed by atoms with E-state index in [4.69, 9.17) is 4.74 Å². The maximum Gasteiger partial charge on any atom is 0.314 e. The molecule has 2 N–H and O–H groups in total. The highest BCUT2D eigenvalue weighted by Crippen LogP contribution is 2.18. The van der Waals surface area contributed by atoms with Crippen molar-refractivity contribution < 1.29 is 14.3 Å². The molecule has 0 unspecified atom stereocenters. The van der Waals surface area contributed by atoms with E-state index in [0.717, 1.165) is 16.7 Å². The molecule has 142 valence electrons. The lowest BCUT2D eigenvalue weighted by molar-refractivity contribution is -0.133. The van der Waals surface area contributed by atoms with Crippen LogP contribution in [0.15, 0.2) is 72.8 Å². The Balaban J connectivity index is 1.55. The number of nitrogens with one attached hydrogen (secondary N) is 2. The molecule has 0 fully saturated rings. The molecule has 5 heteroatoms. The molecule has 0 bridgehead atoms. The van der Waals surface area contributed by atoms with Crippen LogP contribution in [0.1, 0.15) is 16.7 Å². The Morgan fingerprint density at radius 2 is 1.50 bits per heavy atom. The zero-order chi connectivity index (χ0) is 19.9. The first-order valence-corrected chi connectivity index (χ1v) is 8.97. The van der Waals surface area contributed by atoms with E-state index in [0.29, 0.717) is 23.7 Å². The molecule has 2 amide bonds. The first kappa shape index (κ1) is 19.2. The van der Waals surface area contributed by atoms with Crippen molar-refractivity contribution >= 4 is 23.2 Å². The minimum Gasteiger partial charge on any atom is -0.489 e. The summed E-state index contributed by atoms with van der Waals surface area (Å²) in [5.74, 6) is -0.751. The van der Waals surface area contributed by atoms with Crippen molar-refractivity contribution in [2.75, 3.05) is 10.6 Å². The molecule has 28 heavy (non-hydrogen) atoms. The normalized spacial score (nSPS) is 10.2. The number of amides is 2. The van der Waals surface area contributed by atoms with Crippen LogP contribution in [-0.4, -0.2) is 11.8 Å². The van der Waals surface area contributed by atoms with Gasteiger partial charge in [0.05, 0.1) is 0 Å². The van der Waals surface area contributed by atoms with Crippen LogP contribution >= 0.6 is 0 Å². The van der Waals surface area contributed by atoms with E-state index in [2.05, 4.69) is 10.6 Å². The molecule has 0 atom stereocenters. The number of benzene rings is 3. The van der Waals surface area contributed by atoms with Crippen LogP contribution in [0.25, 0.3) is 0 Å². The van der Waals surface area contributed by atoms with E-state index in [1.807, 2.05) is 62.4 Å². The summed E-state index contributed by atoms with van der Waals surface area (Å²) in [7, 11) is 0. The fourth-order valence-electron chi connectivity index (χ4n) is 2.61. The lowest BCUT2D eigenvalue weighted by Crippen LogP contribution is -2.29. The van der Waals surface area contributed by atoms with Gasteiger partial charge in [0.2, 0.25) is 0 Å². The molecular weight excluding hydrogens is 352 g/mol. The van der Waals surface area contributed by atoms with Crippen molar-refractivity contribution in [1.82, 2.24) is 0 Å². The molecule has 0 heterocycles.